The minimum Gasteiger partial charge on any atom is -0.325 e. The summed E-state index contributed by atoms with van der Waals surface area (Å²) >= 11 is 6.52. The van der Waals surface area contributed by atoms with Crippen molar-refractivity contribution in [3.05, 3.63) is 28.3 Å². The zero-order valence-corrected chi connectivity index (χ0v) is 13.3. The van der Waals surface area contributed by atoms with Crippen molar-refractivity contribution in [1.82, 2.24) is 5.32 Å². The molecule has 1 heterocycles. The number of amides is 1. The minimum atomic E-state index is 0.0668. The van der Waals surface area contributed by atoms with E-state index in [0.29, 0.717) is 18.4 Å². The number of rotatable bonds is 5. The molecule has 1 aromatic rings. The molecule has 1 unspecified atom stereocenters. The van der Waals surface area contributed by atoms with Crippen molar-refractivity contribution in [1.29, 1.82) is 0 Å². The first-order chi connectivity index (χ1) is 10.2. The lowest BCUT2D eigenvalue weighted by molar-refractivity contribution is -0.115. The van der Waals surface area contributed by atoms with Crippen molar-refractivity contribution in [2.75, 3.05) is 11.9 Å². The molecule has 0 bridgehead atoms. The first kappa shape index (κ1) is 14.9. The van der Waals surface area contributed by atoms with E-state index >= 15 is 0 Å². The fourth-order valence-corrected chi connectivity index (χ4v) is 3.91. The Kier molecular flexibility index (Phi) is 4.51. The lowest BCUT2D eigenvalue weighted by Crippen LogP contribution is -2.28. The Bertz CT molecular complexity index is 538. The highest BCUT2D eigenvalue weighted by Gasteiger charge is 2.29. The lowest BCUT2D eigenvalue weighted by Gasteiger charge is -2.26. The Morgan fingerprint density at radius 3 is 2.86 bits per heavy atom. The van der Waals surface area contributed by atoms with Gasteiger partial charge in [0.25, 0.3) is 0 Å². The van der Waals surface area contributed by atoms with E-state index in [-0.39, 0.29) is 5.91 Å². The molecule has 1 fully saturated rings. The highest BCUT2D eigenvalue weighted by atomic mass is 35.5. The summed E-state index contributed by atoms with van der Waals surface area (Å²) in [6.07, 6.45) is 6.77. The SMILES string of the molecule is CCCNC(c1cc2c(cc1Cl)NC(=O)C2)C1CCCC1. The third-order valence-electron chi connectivity index (χ3n) is 4.67. The first-order valence-electron chi connectivity index (χ1n) is 8.04. The highest BCUT2D eigenvalue weighted by Crippen LogP contribution is 2.40. The van der Waals surface area contributed by atoms with Crippen molar-refractivity contribution < 1.29 is 4.79 Å². The number of carbonyl (C=O) groups excluding carboxylic acids is 1. The van der Waals surface area contributed by atoms with E-state index < -0.39 is 0 Å². The molecule has 21 heavy (non-hydrogen) atoms. The third-order valence-corrected chi connectivity index (χ3v) is 5.00. The second kappa shape index (κ2) is 6.37. The molecule has 0 saturated heterocycles. The fourth-order valence-electron chi connectivity index (χ4n) is 3.63. The van der Waals surface area contributed by atoms with E-state index in [0.717, 1.165) is 29.2 Å². The number of carbonyl (C=O) groups is 1. The quantitative estimate of drug-likeness (QED) is 0.861. The summed E-state index contributed by atoms with van der Waals surface area (Å²) in [5, 5.41) is 7.33. The topological polar surface area (TPSA) is 41.1 Å². The second-order valence-corrected chi connectivity index (χ2v) is 6.64. The fraction of sp³-hybridized carbons (Fsp3) is 0.588. The maximum Gasteiger partial charge on any atom is 0.228 e. The molecule has 1 amide bonds. The molecule has 3 nitrogen and oxygen atoms in total. The normalized spacial score (nSPS) is 19.6. The molecule has 0 radical (unpaired) electrons. The smallest absolute Gasteiger partial charge is 0.228 e. The summed E-state index contributed by atoms with van der Waals surface area (Å²) < 4.78 is 0. The summed E-state index contributed by atoms with van der Waals surface area (Å²) in [4.78, 5) is 11.6. The van der Waals surface area contributed by atoms with Crippen LogP contribution in [-0.4, -0.2) is 12.5 Å². The summed E-state index contributed by atoms with van der Waals surface area (Å²) in [5.41, 5.74) is 3.14. The van der Waals surface area contributed by atoms with Crippen LogP contribution in [0.2, 0.25) is 5.02 Å². The Morgan fingerprint density at radius 1 is 1.38 bits per heavy atom. The highest BCUT2D eigenvalue weighted by molar-refractivity contribution is 6.32. The molecule has 4 heteroatoms. The second-order valence-electron chi connectivity index (χ2n) is 6.23. The van der Waals surface area contributed by atoms with Gasteiger partial charge in [0.1, 0.15) is 0 Å². The molecule has 0 spiro atoms. The van der Waals surface area contributed by atoms with Crippen LogP contribution < -0.4 is 10.6 Å². The number of anilines is 1. The standard InChI is InChI=1S/C17H23ClN2O/c1-2-7-19-17(11-5-3-4-6-11)13-8-12-9-16(21)20-15(12)10-14(13)18/h8,10-11,17,19H,2-7,9H2,1H3,(H,20,21). The predicted octanol–water partition coefficient (Wildman–Crippen LogP) is 4.07. The van der Waals surface area contributed by atoms with Crippen LogP contribution in [0.5, 0.6) is 0 Å². The van der Waals surface area contributed by atoms with Crippen molar-refractivity contribution >= 4 is 23.2 Å². The molecule has 114 valence electrons. The largest absolute Gasteiger partial charge is 0.325 e. The first-order valence-corrected chi connectivity index (χ1v) is 8.42. The third kappa shape index (κ3) is 3.09. The van der Waals surface area contributed by atoms with Gasteiger partial charge in [0, 0.05) is 16.8 Å². The van der Waals surface area contributed by atoms with Crippen molar-refractivity contribution in [2.24, 2.45) is 5.92 Å². The van der Waals surface area contributed by atoms with Crippen molar-refractivity contribution in [2.45, 2.75) is 51.5 Å². The van der Waals surface area contributed by atoms with Crippen LogP contribution in [0, 0.1) is 5.92 Å². The van der Waals surface area contributed by atoms with Gasteiger partial charge in [-0.25, -0.2) is 0 Å². The Labute approximate surface area is 131 Å². The van der Waals surface area contributed by atoms with E-state index in [2.05, 4.69) is 23.6 Å². The van der Waals surface area contributed by atoms with Gasteiger partial charge < -0.3 is 10.6 Å². The zero-order valence-electron chi connectivity index (χ0n) is 12.5. The van der Waals surface area contributed by atoms with E-state index in [1.54, 1.807) is 0 Å². The number of nitrogens with one attached hydrogen (secondary N) is 2. The Balaban J connectivity index is 1.91. The number of halogens is 1. The maximum atomic E-state index is 11.6. The minimum absolute atomic E-state index is 0.0668. The van der Waals surface area contributed by atoms with Crippen molar-refractivity contribution in [3.8, 4) is 0 Å². The van der Waals surface area contributed by atoms with Crippen LogP contribution in [0.3, 0.4) is 0 Å². The van der Waals surface area contributed by atoms with Crippen LogP contribution in [-0.2, 0) is 11.2 Å². The van der Waals surface area contributed by atoms with Crippen LogP contribution >= 0.6 is 11.6 Å². The number of hydrogen-bond acceptors (Lipinski definition) is 2. The van der Waals surface area contributed by atoms with Gasteiger partial charge in [0.15, 0.2) is 0 Å². The van der Waals surface area contributed by atoms with Gasteiger partial charge in [0.05, 0.1) is 6.42 Å². The van der Waals surface area contributed by atoms with Gasteiger partial charge in [-0.3, -0.25) is 4.79 Å². The predicted molar refractivity (Wildman–Crippen MR) is 86.8 cm³/mol. The molecule has 1 saturated carbocycles. The van der Waals surface area contributed by atoms with Gasteiger partial charge in [-0.05, 0) is 48.9 Å². The summed E-state index contributed by atoms with van der Waals surface area (Å²) in [6.45, 7) is 3.19. The molecule has 1 aliphatic heterocycles. The number of fused-ring (bicyclic) bond motifs is 1. The van der Waals surface area contributed by atoms with Crippen LogP contribution in [0.25, 0.3) is 0 Å². The molecule has 1 atom stereocenters. The van der Waals surface area contributed by atoms with E-state index in [1.165, 1.54) is 31.2 Å². The number of benzene rings is 1. The monoisotopic (exact) mass is 306 g/mol. The van der Waals surface area contributed by atoms with Crippen LogP contribution in [0.15, 0.2) is 12.1 Å². The number of hydrogen-bond donors (Lipinski definition) is 2. The van der Waals surface area contributed by atoms with E-state index in [9.17, 15) is 4.79 Å². The maximum absolute atomic E-state index is 11.6. The molecular formula is C17H23ClN2O. The van der Waals surface area contributed by atoms with Gasteiger partial charge in [0.2, 0.25) is 5.91 Å². The van der Waals surface area contributed by atoms with Gasteiger partial charge in [-0.1, -0.05) is 37.4 Å². The molecule has 1 aromatic carbocycles. The molecule has 2 N–H and O–H groups in total. The Morgan fingerprint density at radius 2 is 2.14 bits per heavy atom. The summed E-state index contributed by atoms with van der Waals surface area (Å²) in [5.74, 6) is 0.731. The Hall–Kier alpha value is -1.06. The van der Waals surface area contributed by atoms with Crippen molar-refractivity contribution in [3.63, 3.8) is 0 Å². The lowest BCUT2D eigenvalue weighted by atomic mass is 9.90. The molecule has 2 aliphatic rings. The molecule has 1 aliphatic carbocycles. The van der Waals surface area contributed by atoms with Gasteiger partial charge in [-0.15, -0.1) is 0 Å². The van der Waals surface area contributed by atoms with Crippen LogP contribution in [0.4, 0.5) is 5.69 Å². The zero-order chi connectivity index (χ0) is 14.8. The van der Waals surface area contributed by atoms with E-state index in [4.69, 9.17) is 11.6 Å². The summed E-state index contributed by atoms with van der Waals surface area (Å²) in [7, 11) is 0. The molecular weight excluding hydrogens is 284 g/mol. The van der Waals surface area contributed by atoms with Crippen LogP contribution in [0.1, 0.15) is 56.2 Å². The molecule has 3 rings (SSSR count). The van der Waals surface area contributed by atoms with Gasteiger partial charge in [-0.2, -0.15) is 0 Å². The van der Waals surface area contributed by atoms with E-state index in [1.807, 2.05) is 6.07 Å². The van der Waals surface area contributed by atoms with Gasteiger partial charge >= 0.3 is 0 Å². The average molecular weight is 307 g/mol. The summed E-state index contributed by atoms with van der Waals surface area (Å²) in [6, 6.07) is 4.38. The molecule has 0 aromatic heterocycles. The average Bonchev–Trinajstić information content (AvgIpc) is 3.08.